The Kier molecular flexibility index (Phi) is 3.59. The number of fused-ring (bicyclic) bond motifs is 1. The highest BCUT2D eigenvalue weighted by Crippen LogP contribution is 2.66. The summed E-state index contributed by atoms with van der Waals surface area (Å²) in [6.07, 6.45) is 4.68. The summed E-state index contributed by atoms with van der Waals surface area (Å²) in [4.78, 5) is 12.3. The number of rotatable bonds is 3. The molecule has 0 spiro atoms. The summed E-state index contributed by atoms with van der Waals surface area (Å²) < 4.78 is 0. The number of amides is 1. The zero-order valence-corrected chi connectivity index (χ0v) is 13.0. The van der Waals surface area contributed by atoms with E-state index in [0.717, 1.165) is 12.8 Å². The number of nitrogens with one attached hydrogen (secondary N) is 1. The molecule has 1 aromatic carbocycles. The molecule has 118 valence electrons. The maximum absolute atomic E-state index is 12.3. The van der Waals surface area contributed by atoms with E-state index in [1.165, 1.54) is 25.0 Å². The third-order valence-electron chi connectivity index (χ3n) is 5.32. The fourth-order valence-electron chi connectivity index (χ4n) is 3.95. The van der Waals surface area contributed by atoms with Gasteiger partial charge in [-0.1, -0.05) is 19.8 Å². The maximum Gasteiger partial charge on any atom is 0.244 e. The van der Waals surface area contributed by atoms with Crippen LogP contribution in [0.25, 0.3) is 0 Å². The van der Waals surface area contributed by atoms with Crippen molar-refractivity contribution in [3.8, 4) is 11.5 Å². The molecule has 0 bridgehead atoms. The summed E-state index contributed by atoms with van der Waals surface area (Å²) in [6, 6.07) is 4.31. The molecule has 1 amide bonds. The molecule has 0 saturated heterocycles. The van der Waals surface area contributed by atoms with Crippen LogP contribution in [-0.4, -0.2) is 21.8 Å². The van der Waals surface area contributed by atoms with Gasteiger partial charge in [0.25, 0.3) is 0 Å². The van der Waals surface area contributed by atoms with Crippen molar-refractivity contribution in [1.82, 2.24) is 5.43 Å². The van der Waals surface area contributed by atoms with E-state index in [-0.39, 0.29) is 28.7 Å². The van der Waals surface area contributed by atoms with E-state index in [0.29, 0.717) is 17.2 Å². The van der Waals surface area contributed by atoms with Crippen LogP contribution >= 0.6 is 0 Å². The molecule has 0 unspecified atom stereocenters. The predicted molar refractivity (Wildman–Crippen MR) is 83.7 cm³/mol. The summed E-state index contributed by atoms with van der Waals surface area (Å²) >= 11 is 0. The standard InChI is InChI=1S/C17H22N2O3/c1-10(12-7-6-11(20)9-14(12)21)18-19-16(22)15-13-5-3-4-8-17(13,15)2/h6-7,9,13,15,20-21H,3-5,8H2,1-2H3,(H,19,22)/b18-10-/t13-,15-,17-/m0/s1. The lowest BCUT2D eigenvalue weighted by molar-refractivity contribution is -0.123. The molecule has 2 fully saturated rings. The molecule has 2 aliphatic carbocycles. The highest BCUT2D eigenvalue weighted by Gasteiger charge is 2.64. The van der Waals surface area contributed by atoms with Crippen molar-refractivity contribution in [3.05, 3.63) is 23.8 Å². The van der Waals surface area contributed by atoms with Crippen LogP contribution in [0, 0.1) is 17.3 Å². The Hall–Kier alpha value is -2.04. The van der Waals surface area contributed by atoms with Gasteiger partial charge in [0.1, 0.15) is 11.5 Å². The number of hydrogen-bond donors (Lipinski definition) is 3. The van der Waals surface area contributed by atoms with Gasteiger partial charge in [-0.05, 0) is 43.2 Å². The van der Waals surface area contributed by atoms with Crippen molar-refractivity contribution < 1.29 is 15.0 Å². The fraction of sp³-hybridized carbons (Fsp3) is 0.529. The number of hydrogen-bond acceptors (Lipinski definition) is 4. The third kappa shape index (κ3) is 2.45. The lowest BCUT2D eigenvalue weighted by atomic mass is 9.90. The van der Waals surface area contributed by atoms with E-state index in [1.54, 1.807) is 13.0 Å². The number of carbonyl (C=O) groups excluding carboxylic acids is 1. The monoisotopic (exact) mass is 302 g/mol. The normalized spacial score (nSPS) is 30.5. The Morgan fingerprint density at radius 2 is 2.14 bits per heavy atom. The molecule has 0 radical (unpaired) electrons. The lowest BCUT2D eigenvalue weighted by Crippen LogP contribution is -2.23. The molecule has 0 aliphatic heterocycles. The minimum absolute atomic E-state index is 0.00642. The van der Waals surface area contributed by atoms with Gasteiger partial charge in [0.05, 0.1) is 5.71 Å². The Bertz CT molecular complexity index is 641. The fourth-order valence-corrected chi connectivity index (χ4v) is 3.95. The Morgan fingerprint density at radius 3 is 2.77 bits per heavy atom. The van der Waals surface area contributed by atoms with Crippen LogP contribution in [0.3, 0.4) is 0 Å². The average Bonchev–Trinajstić information content (AvgIpc) is 3.10. The predicted octanol–water partition coefficient (Wildman–Crippen LogP) is 2.76. The first-order valence-electron chi connectivity index (χ1n) is 7.80. The van der Waals surface area contributed by atoms with Gasteiger partial charge in [0.15, 0.2) is 0 Å². The van der Waals surface area contributed by atoms with Crippen LogP contribution < -0.4 is 5.43 Å². The minimum Gasteiger partial charge on any atom is -0.508 e. The number of hydrazone groups is 1. The Labute approximate surface area is 130 Å². The van der Waals surface area contributed by atoms with Gasteiger partial charge in [-0.2, -0.15) is 5.10 Å². The zero-order valence-electron chi connectivity index (χ0n) is 13.0. The van der Waals surface area contributed by atoms with Crippen molar-refractivity contribution in [3.63, 3.8) is 0 Å². The summed E-state index contributed by atoms with van der Waals surface area (Å²) in [5, 5.41) is 23.2. The van der Waals surface area contributed by atoms with Gasteiger partial charge in [0.2, 0.25) is 5.91 Å². The molecule has 3 N–H and O–H groups in total. The van der Waals surface area contributed by atoms with Gasteiger partial charge in [-0.15, -0.1) is 0 Å². The molecular formula is C17H22N2O3. The molecule has 2 aliphatic rings. The van der Waals surface area contributed by atoms with Gasteiger partial charge in [-0.25, -0.2) is 5.43 Å². The third-order valence-corrected chi connectivity index (χ3v) is 5.32. The number of phenolic OH excluding ortho intramolecular Hbond substituents is 2. The molecule has 22 heavy (non-hydrogen) atoms. The summed E-state index contributed by atoms with van der Waals surface area (Å²) in [5.74, 6) is 0.487. The second kappa shape index (κ2) is 5.30. The quantitative estimate of drug-likeness (QED) is 0.593. The number of aromatic hydroxyl groups is 2. The van der Waals surface area contributed by atoms with E-state index < -0.39 is 0 Å². The molecule has 0 heterocycles. The van der Waals surface area contributed by atoms with Gasteiger partial charge in [-0.3, -0.25) is 4.79 Å². The SMILES string of the molecule is C/C(=N/NC(=O)[C@@H]1[C@@H]2CCCC[C@]12C)c1ccc(O)cc1O. The zero-order chi connectivity index (χ0) is 15.9. The van der Waals surface area contributed by atoms with Crippen LogP contribution in [0.2, 0.25) is 0 Å². The average molecular weight is 302 g/mol. The second-order valence-electron chi connectivity index (χ2n) is 6.71. The lowest BCUT2D eigenvalue weighted by Gasteiger charge is -2.15. The van der Waals surface area contributed by atoms with Crippen LogP contribution in [-0.2, 0) is 4.79 Å². The highest BCUT2D eigenvalue weighted by molar-refractivity contribution is 6.01. The molecule has 0 aromatic heterocycles. The van der Waals surface area contributed by atoms with E-state index in [2.05, 4.69) is 17.5 Å². The van der Waals surface area contributed by atoms with Gasteiger partial charge >= 0.3 is 0 Å². The number of nitrogens with zero attached hydrogens (tertiary/aromatic N) is 1. The first-order valence-corrected chi connectivity index (χ1v) is 7.80. The molecule has 5 heteroatoms. The smallest absolute Gasteiger partial charge is 0.244 e. The minimum atomic E-state index is -0.0532. The topological polar surface area (TPSA) is 81.9 Å². The van der Waals surface area contributed by atoms with Crippen molar-refractivity contribution in [1.29, 1.82) is 0 Å². The van der Waals surface area contributed by atoms with E-state index in [4.69, 9.17) is 0 Å². The van der Waals surface area contributed by atoms with E-state index >= 15 is 0 Å². The molecule has 1 aromatic rings. The van der Waals surface area contributed by atoms with E-state index in [9.17, 15) is 15.0 Å². The first-order chi connectivity index (χ1) is 10.4. The second-order valence-corrected chi connectivity index (χ2v) is 6.71. The van der Waals surface area contributed by atoms with Crippen molar-refractivity contribution >= 4 is 11.6 Å². The molecule has 2 saturated carbocycles. The summed E-state index contributed by atoms with van der Waals surface area (Å²) in [6.45, 7) is 3.91. The molecule has 3 atom stereocenters. The maximum atomic E-state index is 12.3. The van der Waals surface area contributed by atoms with Gasteiger partial charge < -0.3 is 10.2 Å². The van der Waals surface area contributed by atoms with Crippen molar-refractivity contribution in [2.45, 2.75) is 39.5 Å². The van der Waals surface area contributed by atoms with Crippen LogP contribution in [0.1, 0.15) is 45.1 Å². The number of phenols is 2. The molecule has 3 rings (SSSR count). The molecular weight excluding hydrogens is 280 g/mol. The van der Waals surface area contributed by atoms with Gasteiger partial charge in [0, 0.05) is 17.5 Å². The largest absolute Gasteiger partial charge is 0.508 e. The van der Waals surface area contributed by atoms with E-state index in [1.807, 2.05) is 0 Å². The summed E-state index contributed by atoms with van der Waals surface area (Å²) in [5.41, 5.74) is 3.81. The van der Waals surface area contributed by atoms with Crippen molar-refractivity contribution in [2.75, 3.05) is 0 Å². The number of carbonyl (C=O) groups is 1. The molecule has 5 nitrogen and oxygen atoms in total. The first kappa shape index (κ1) is 14.9. The Morgan fingerprint density at radius 1 is 1.36 bits per heavy atom. The summed E-state index contributed by atoms with van der Waals surface area (Å²) in [7, 11) is 0. The Balaban J connectivity index is 1.67. The van der Waals surface area contributed by atoms with Crippen molar-refractivity contribution in [2.24, 2.45) is 22.4 Å². The van der Waals surface area contributed by atoms with Crippen LogP contribution in [0.5, 0.6) is 11.5 Å². The van der Waals surface area contributed by atoms with Crippen LogP contribution in [0.15, 0.2) is 23.3 Å². The van der Waals surface area contributed by atoms with Crippen LogP contribution in [0.4, 0.5) is 0 Å². The number of benzene rings is 1. The highest BCUT2D eigenvalue weighted by atomic mass is 16.3.